The van der Waals surface area contributed by atoms with Gasteiger partial charge in [-0.25, -0.2) is 4.98 Å². The third-order valence-electron chi connectivity index (χ3n) is 2.64. The smallest absolute Gasteiger partial charge is 0.185 e. The third-order valence-corrected chi connectivity index (χ3v) is 3.47. The van der Waals surface area contributed by atoms with Crippen molar-refractivity contribution >= 4 is 16.5 Å². The van der Waals surface area contributed by atoms with Crippen molar-refractivity contribution in [1.29, 1.82) is 0 Å². The summed E-state index contributed by atoms with van der Waals surface area (Å²) in [4.78, 5) is 6.66. The standard InChI is InChI=1S/C9H15N3S/c10-7-8-1-4-12(5-2-8)9-11-3-6-13-9/h3,6,8H,1-2,4-5,7,10H2. The Bertz CT molecular complexity index is 239. The Kier molecular flexibility index (Phi) is 2.80. The van der Waals surface area contributed by atoms with E-state index in [2.05, 4.69) is 9.88 Å². The molecule has 0 aliphatic carbocycles. The Hall–Kier alpha value is -0.610. The number of hydrogen-bond acceptors (Lipinski definition) is 4. The molecule has 1 aromatic rings. The summed E-state index contributed by atoms with van der Waals surface area (Å²) in [6.45, 7) is 3.08. The quantitative estimate of drug-likeness (QED) is 0.777. The molecule has 0 saturated carbocycles. The van der Waals surface area contributed by atoms with Gasteiger partial charge in [-0.3, -0.25) is 0 Å². The van der Waals surface area contributed by atoms with Gasteiger partial charge in [0, 0.05) is 24.7 Å². The Labute approximate surface area is 82.6 Å². The minimum Gasteiger partial charge on any atom is -0.348 e. The average Bonchev–Trinajstić information content (AvgIpc) is 2.71. The first-order valence-electron chi connectivity index (χ1n) is 4.74. The van der Waals surface area contributed by atoms with Crippen molar-refractivity contribution in [2.45, 2.75) is 12.8 Å². The second kappa shape index (κ2) is 4.07. The maximum Gasteiger partial charge on any atom is 0.185 e. The molecule has 3 nitrogen and oxygen atoms in total. The number of anilines is 1. The zero-order valence-electron chi connectivity index (χ0n) is 7.65. The minimum atomic E-state index is 0.733. The summed E-state index contributed by atoms with van der Waals surface area (Å²) in [7, 11) is 0. The van der Waals surface area contributed by atoms with Crippen LogP contribution in [-0.2, 0) is 0 Å². The fourth-order valence-electron chi connectivity index (χ4n) is 1.73. The van der Waals surface area contributed by atoms with Crippen LogP contribution in [0.2, 0.25) is 0 Å². The summed E-state index contributed by atoms with van der Waals surface area (Å²) in [6, 6.07) is 0. The Balaban J connectivity index is 1.92. The van der Waals surface area contributed by atoms with E-state index in [1.165, 1.54) is 12.8 Å². The maximum absolute atomic E-state index is 5.64. The van der Waals surface area contributed by atoms with Gasteiger partial charge in [0.25, 0.3) is 0 Å². The first-order valence-corrected chi connectivity index (χ1v) is 5.62. The molecule has 1 saturated heterocycles. The number of aromatic nitrogens is 1. The van der Waals surface area contributed by atoms with Crippen LogP contribution in [0.4, 0.5) is 5.13 Å². The highest BCUT2D eigenvalue weighted by Gasteiger charge is 2.19. The predicted octanol–water partition coefficient (Wildman–Crippen LogP) is 1.32. The van der Waals surface area contributed by atoms with E-state index in [1.807, 2.05) is 11.6 Å². The average molecular weight is 197 g/mol. The second-order valence-corrected chi connectivity index (χ2v) is 4.35. The molecule has 4 heteroatoms. The number of hydrogen-bond donors (Lipinski definition) is 1. The van der Waals surface area contributed by atoms with Crippen molar-refractivity contribution in [2.24, 2.45) is 11.7 Å². The largest absolute Gasteiger partial charge is 0.348 e. The molecular formula is C9H15N3S. The Morgan fingerprint density at radius 1 is 1.54 bits per heavy atom. The summed E-state index contributed by atoms with van der Waals surface area (Å²) >= 11 is 1.72. The van der Waals surface area contributed by atoms with Crippen molar-refractivity contribution in [2.75, 3.05) is 24.5 Å². The van der Waals surface area contributed by atoms with Gasteiger partial charge in [-0.1, -0.05) is 0 Å². The zero-order valence-corrected chi connectivity index (χ0v) is 8.46. The highest BCUT2D eigenvalue weighted by Crippen LogP contribution is 2.23. The lowest BCUT2D eigenvalue weighted by molar-refractivity contribution is 0.414. The molecule has 2 heterocycles. The van der Waals surface area contributed by atoms with Crippen molar-refractivity contribution in [3.63, 3.8) is 0 Å². The summed E-state index contributed by atoms with van der Waals surface area (Å²) in [6.07, 6.45) is 4.31. The molecule has 1 aliphatic heterocycles. The highest BCUT2D eigenvalue weighted by atomic mass is 32.1. The van der Waals surface area contributed by atoms with Gasteiger partial charge in [0.1, 0.15) is 0 Å². The fourth-order valence-corrected chi connectivity index (χ4v) is 2.43. The van der Waals surface area contributed by atoms with Crippen LogP contribution in [0.15, 0.2) is 11.6 Å². The lowest BCUT2D eigenvalue weighted by atomic mass is 9.98. The molecule has 72 valence electrons. The number of nitrogens with zero attached hydrogens (tertiary/aromatic N) is 2. The van der Waals surface area contributed by atoms with Gasteiger partial charge >= 0.3 is 0 Å². The van der Waals surface area contributed by atoms with Gasteiger partial charge < -0.3 is 10.6 Å². The molecule has 0 unspecified atom stereocenters. The molecule has 2 N–H and O–H groups in total. The van der Waals surface area contributed by atoms with E-state index >= 15 is 0 Å². The van der Waals surface area contributed by atoms with E-state index in [-0.39, 0.29) is 0 Å². The lowest BCUT2D eigenvalue weighted by Gasteiger charge is -2.30. The van der Waals surface area contributed by atoms with E-state index in [4.69, 9.17) is 5.73 Å². The van der Waals surface area contributed by atoms with Crippen molar-refractivity contribution in [1.82, 2.24) is 4.98 Å². The Morgan fingerprint density at radius 3 is 2.85 bits per heavy atom. The normalized spacial score (nSPS) is 19.3. The molecule has 1 fully saturated rings. The second-order valence-electron chi connectivity index (χ2n) is 3.48. The predicted molar refractivity (Wildman–Crippen MR) is 56.1 cm³/mol. The SMILES string of the molecule is NCC1CCN(c2nccs2)CC1. The molecule has 0 aromatic carbocycles. The maximum atomic E-state index is 5.64. The van der Waals surface area contributed by atoms with Gasteiger partial charge in [-0.15, -0.1) is 11.3 Å². The number of thiazole rings is 1. The van der Waals surface area contributed by atoms with Crippen molar-refractivity contribution < 1.29 is 0 Å². The van der Waals surface area contributed by atoms with Crippen LogP contribution in [0.25, 0.3) is 0 Å². The van der Waals surface area contributed by atoms with E-state index in [0.717, 1.165) is 30.7 Å². The molecule has 0 spiro atoms. The molecule has 1 aliphatic rings. The summed E-state index contributed by atoms with van der Waals surface area (Å²) in [5, 5.41) is 3.19. The number of piperidine rings is 1. The minimum absolute atomic E-state index is 0.733. The van der Waals surface area contributed by atoms with E-state index in [0.29, 0.717) is 0 Å². The van der Waals surface area contributed by atoms with Crippen molar-refractivity contribution in [3.05, 3.63) is 11.6 Å². The number of rotatable bonds is 2. The van der Waals surface area contributed by atoms with E-state index < -0.39 is 0 Å². The van der Waals surface area contributed by atoms with Crippen LogP contribution in [0.5, 0.6) is 0 Å². The molecule has 13 heavy (non-hydrogen) atoms. The molecular weight excluding hydrogens is 182 g/mol. The van der Waals surface area contributed by atoms with Crippen LogP contribution < -0.4 is 10.6 Å². The van der Waals surface area contributed by atoms with Gasteiger partial charge in [0.2, 0.25) is 0 Å². The third kappa shape index (κ3) is 2.00. The van der Waals surface area contributed by atoms with E-state index in [9.17, 15) is 0 Å². The van der Waals surface area contributed by atoms with Gasteiger partial charge in [0.05, 0.1) is 0 Å². The molecule has 0 bridgehead atoms. The van der Waals surface area contributed by atoms with Crippen LogP contribution in [-0.4, -0.2) is 24.6 Å². The monoisotopic (exact) mass is 197 g/mol. The van der Waals surface area contributed by atoms with Gasteiger partial charge in [-0.05, 0) is 25.3 Å². The first-order chi connectivity index (χ1) is 6.40. The summed E-state index contributed by atoms with van der Waals surface area (Å²) < 4.78 is 0. The van der Waals surface area contributed by atoms with Crippen LogP contribution in [0.1, 0.15) is 12.8 Å². The van der Waals surface area contributed by atoms with E-state index in [1.54, 1.807) is 11.3 Å². The topological polar surface area (TPSA) is 42.1 Å². The molecule has 1 aromatic heterocycles. The molecule has 0 amide bonds. The Morgan fingerprint density at radius 2 is 2.31 bits per heavy atom. The fraction of sp³-hybridized carbons (Fsp3) is 0.667. The summed E-state index contributed by atoms with van der Waals surface area (Å²) in [5.74, 6) is 0.733. The number of nitrogens with two attached hydrogens (primary N) is 1. The van der Waals surface area contributed by atoms with Crippen LogP contribution in [0.3, 0.4) is 0 Å². The summed E-state index contributed by atoms with van der Waals surface area (Å²) in [5.41, 5.74) is 5.64. The molecule has 0 atom stereocenters. The van der Waals surface area contributed by atoms with Crippen LogP contribution in [0, 0.1) is 5.92 Å². The molecule has 0 radical (unpaired) electrons. The van der Waals surface area contributed by atoms with Gasteiger partial charge in [0.15, 0.2) is 5.13 Å². The van der Waals surface area contributed by atoms with Crippen molar-refractivity contribution in [3.8, 4) is 0 Å². The lowest BCUT2D eigenvalue weighted by Crippen LogP contribution is -2.35. The van der Waals surface area contributed by atoms with Gasteiger partial charge in [-0.2, -0.15) is 0 Å². The molecule has 2 rings (SSSR count). The highest BCUT2D eigenvalue weighted by molar-refractivity contribution is 7.13. The first kappa shape index (κ1) is 8.97. The zero-order chi connectivity index (χ0) is 9.10. The van der Waals surface area contributed by atoms with Crippen LogP contribution >= 0.6 is 11.3 Å².